The van der Waals surface area contributed by atoms with Crippen LogP contribution in [0.1, 0.15) is 36.0 Å². The summed E-state index contributed by atoms with van der Waals surface area (Å²) < 4.78 is 0. The third-order valence-corrected chi connectivity index (χ3v) is 5.74. The number of rotatable bonds is 13. The van der Waals surface area contributed by atoms with Crippen molar-refractivity contribution >= 4 is 52.9 Å². The molecule has 3 rings (SSSR count). The van der Waals surface area contributed by atoms with E-state index in [9.17, 15) is 28.8 Å². The number of carbonyl (C=O) groups is 5. The zero-order valence-corrected chi connectivity index (χ0v) is 22.1. The molecule has 1 aliphatic rings. The Balaban J connectivity index is 0.000000528. The molecule has 0 spiro atoms. The van der Waals surface area contributed by atoms with Crippen molar-refractivity contribution in [1.82, 2.24) is 15.3 Å². The monoisotopic (exact) mass is 592 g/mol. The third kappa shape index (κ3) is 10.6. The molecule has 228 valence electrons. The first kappa shape index (κ1) is 32.8. The van der Waals surface area contributed by atoms with E-state index in [1.165, 1.54) is 12.1 Å². The van der Waals surface area contributed by atoms with E-state index in [2.05, 4.69) is 31.2 Å². The molecule has 1 aromatic heterocycles. The number of carboxylic acid groups (broad SMARTS) is 4. The van der Waals surface area contributed by atoms with Gasteiger partial charge in [0, 0.05) is 37.2 Å². The Hall–Kier alpha value is -5.39. The second-order valence-electron chi connectivity index (χ2n) is 9.03. The topological polar surface area (TPSA) is 312 Å². The molecule has 0 saturated carbocycles. The van der Waals surface area contributed by atoms with Gasteiger partial charge in [-0.25, -0.2) is 4.79 Å². The predicted octanol–water partition coefficient (Wildman–Crippen LogP) is -1.02. The SMILES string of the molecule is N[C@@H](CCC(=O)O)C(=O)O.Nc1nc2c(c(=O)[nH]1)NC(CNc1ccc(C(=O)N[C@@H](CCC(=O)O)C(=O)O)cc1)CN2. The third-order valence-electron chi connectivity index (χ3n) is 5.74. The van der Waals surface area contributed by atoms with Crippen molar-refractivity contribution in [2.45, 2.75) is 43.8 Å². The first-order chi connectivity index (χ1) is 19.8. The number of anilines is 4. The second kappa shape index (κ2) is 15.4. The molecule has 0 bridgehead atoms. The van der Waals surface area contributed by atoms with Crippen molar-refractivity contribution in [3.63, 3.8) is 0 Å². The van der Waals surface area contributed by atoms with Gasteiger partial charge in [-0.2, -0.15) is 4.98 Å². The summed E-state index contributed by atoms with van der Waals surface area (Å²) in [4.78, 5) is 72.5. The number of nitrogen functional groups attached to an aromatic ring is 1. The molecule has 3 atom stereocenters. The summed E-state index contributed by atoms with van der Waals surface area (Å²) in [7, 11) is 0. The van der Waals surface area contributed by atoms with E-state index in [0.717, 1.165) is 0 Å². The van der Waals surface area contributed by atoms with Gasteiger partial charge in [-0.1, -0.05) is 0 Å². The maximum absolute atomic E-state index is 12.3. The molecule has 18 heteroatoms. The van der Waals surface area contributed by atoms with Crippen molar-refractivity contribution in [3.8, 4) is 0 Å². The van der Waals surface area contributed by atoms with Crippen molar-refractivity contribution in [1.29, 1.82) is 0 Å². The van der Waals surface area contributed by atoms with Crippen LogP contribution in [0.4, 0.5) is 23.1 Å². The Kier molecular flexibility index (Phi) is 12.0. The van der Waals surface area contributed by atoms with Crippen molar-refractivity contribution in [3.05, 3.63) is 40.2 Å². The smallest absolute Gasteiger partial charge is 0.326 e. The van der Waals surface area contributed by atoms with Gasteiger partial charge in [-0.3, -0.25) is 29.0 Å². The molecule has 0 aliphatic carbocycles. The highest BCUT2D eigenvalue weighted by Gasteiger charge is 2.23. The molecule has 0 saturated heterocycles. The van der Waals surface area contributed by atoms with Gasteiger partial charge in [0.15, 0.2) is 5.82 Å². The number of aliphatic carboxylic acids is 4. The Labute approximate surface area is 237 Å². The Morgan fingerprint density at radius 2 is 1.60 bits per heavy atom. The van der Waals surface area contributed by atoms with Crippen LogP contribution in [0.15, 0.2) is 29.1 Å². The quantitative estimate of drug-likeness (QED) is 0.132. The van der Waals surface area contributed by atoms with Crippen molar-refractivity contribution in [2.24, 2.45) is 5.73 Å². The number of hydrogen-bond donors (Lipinski definition) is 11. The number of carbonyl (C=O) groups excluding carboxylic acids is 1. The number of H-pyrrole nitrogens is 1. The predicted molar refractivity (Wildman–Crippen MR) is 148 cm³/mol. The molecule has 1 aliphatic heterocycles. The molecular weight excluding hydrogens is 560 g/mol. The first-order valence-corrected chi connectivity index (χ1v) is 12.5. The van der Waals surface area contributed by atoms with E-state index in [1.54, 1.807) is 12.1 Å². The lowest BCUT2D eigenvalue weighted by atomic mass is 10.1. The van der Waals surface area contributed by atoms with Gasteiger partial charge in [-0.15, -0.1) is 0 Å². The van der Waals surface area contributed by atoms with Gasteiger partial charge in [0.2, 0.25) is 5.95 Å². The van der Waals surface area contributed by atoms with Crippen LogP contribution in [0.2, 0.25) is 0 Å². The Morgan fingerprint density at radius 3 is 2.17 bits per heavy atom. The van der Waals surface area contributed by atoms with Crippen molar-refractivity contribution < 1.29 is 44.4 Å². The molecule has 42 heavy (non-hydrogen) atoms. The number of aromatic amines is 1. The second-order valence-corrected chi connectivity index (χ2v) is 9.03. The first-order valence-electron chi connectivity index (χ1n) is 12.5. The van der Waals surface area contributed by atoms with Crippen LogP contribution in [0.3, 0.4) is 0 Å². The fourth-order valence-corrected chi connectivity index (χ4v) is 3.50. The fraction of sp³-hybridized carbons (Fsp3) is 0.375. The van der Waals surface area contributed by atoms with E-state index in [-0.39, 0.29) is 48.8 Å². The van der Waals surface area contributed by atoms with Crippen LogP contribution in [-0.4, -0.2) is 91.4 Å². The number of nitrogens with one attached hydrogen (secondary N) is 5. The summed E-state index contributed by atoms with van der Waals surface area (Å²) in [6.07, 6.45) is -0.811. The molecule has 1 unspecified atom stereocenters. The summed E-state index contributed by atoms with van der Waals surface area (Å²) in [5, 5.41) is 45.8. The molecule has 1 aromatic carbocycles. The molecule has 0 radical (unpaired) electrons. The molecule has 1 amide bonds. The van der Waals surface area contributed by atoms with Crippen molar-refractivity contribution in [2.75, 3.05) is 34.8 Å². The Bertz CT molecular complexity index is 1350. The summed E-state index contributed by atoms with van der Waals surface area (Å²) in [5.74, 6) is -4.84. The lowest BCUT2D eigenvalue weighted by Gasteiger charge is -2.27. The number of amides is 1. The van der Waals surface area contributed by atoms with Crippen LogP contribution in [0, 0.1) is 0 Å². The van der Waals surface area contributed by atoms with Crippen LogP contribution in [0.5, 0.6) is 0 Å². The number of aromatic nitrogens is 2. The number of nitrogens with zero attached hydrogens (tertiary/aromatic N) is 1. The van der Waals surface area contributed by atoms with E-state index >= 15 is 0 Å². The molecule has 2 aromatic rings. The number of nitrogens with two attached hydrogens (primary N) is 2. The maximum atomic E-state index is 12.3. The minimum atomic E-state index is -1.30. The zero-order chi connectivity index (χ0) is 31.4. The Morgan fingerprint density at radius 1 is 0.976 bits per heavy atom. The maximum Gasteiger partial charge on any atom is 0.326 e. The molecular formula is C24H32N8O10. The molecule has 2 heterocycles. The van der Waals surface area contributed by atoms with Crippen LogP contribution in [-0.2, 0) is 19.2 Å². The van der Waals surface area contributed by atoms with Gasteiger partial charge in [0.1, 0.15) is 17.8 Å². The van der Waals surface area contributed by atoms with Gasteiger partial charge in [-0.05, 0) is 37.1 Å². The van der Waals surface area contributed by atoms with Crippen LogP contribution < -0.4 is 38.3 Å². The fourth-order valence-electron chi connectivity index (χ4n) is 3.50. The number of benzene rings is 1. The van der Waals surface area contributed by atoms with E-state index in [1.807, 2.05) is 0 Å². The lowest BCUT2D eigenvalue weighted by Crippen LogP contribution is -2.41. The molecule has 18 nitrogen and oxygen atoms in total. The standard InChI is InChI=1S/C19H23N7O6.C5H9NO4/c20-19-25-15-14(17(30)26-19)23-11(8-22-15)7-21-10-3-1-9(2-4-10)16(29)24-12(18(31)32)5-6-13(27)28;6-3(5(9)10)1-2-4(7)8/h1-4,11-12,21,23H,5-8H2,(H,24,29)(H,27,28)(H,31,32)(H4,20,22,25,26,30);3H,1-2,6H2,(H,7,8)(H,9,10)/t11?,12-;3-/m00/s1. The highest BCUT2D eigenvalue weighted by atomic mass is 16.4. The lowest BCUT2D eigenvalue weighted by molar-refractivity contribution is -0.142. The van der Waals surface area contributed by atoms with Gasteiger partial charge in [0.25, 0.3) is 11.5 Å². The normalized spacial score (nSPS) is 14.7. The minimum absolute atomic E-state index is 0.0231. The summed E-state index contributed by atoms with van der Waals surface area (Å²) in [6.45, 7) is 0.960. The van der Waals surface area contributed by atoms with Crippen LogP contribution >= 0.6 is 0 Å². The summed E-state index contributed by atoms with van der Waals surface area (Å²) >= 11 is 0. The average Bonchev–Trinajstić information content (AvgIpc) is 2.93. The van der Waals surface area contributed by atoms with Gasteiger partial charge >= 0.3 is 23.9 Å². The number of carboxylic acids is 4. The number of fused-ring (bicyclic) bond motifs is 1. The zero-order valence-electron chi connectivity index (χ0n) is 22.1. The minimum Gasteiger partial charge on any atom is -0.481 e. The average molecular weight is 593 g/mol. The van der Waals surface area contributed by atoms with Gasteiger partial charge < -0.3 is 53.2 Å². The number of hydrogen-bond acceptors (Lipinski definition) is 12. The highest BCUT2D eigenvalue weighted by Crippen LogP contribution is 2.20. The van der Waals surface area contributed by atoms with E-state index in [0.29, 0.717) is 30.3 Å². The molecule has 0 fully saturated rings. The van der Waals surface area contributed by atoms with Gasteiger partial charge in [0.05, 0.1) is 6.04 Å². The summed E-state index contributed by atoms with van der Waals surface area (Å²) in [5.41, 5.74) is 11.4. The highest BCUT2D eigenvalue weighted by molar-refractivity contribution is 5.97. The molecule has 13 N–H and O–H groups in total. The van der Waals surface area contributed by atoms with E-state index in [4.69, 9.17) is 31.9 Å². The van der Waals surface area contributed by atoms with Crippen LogP contribution in [0.25, 0.3) is 0 Å². The van der Waals surface area contributed by atoms with E-state index < -0.39 is 41.9 Å². The largest absolute Gasteiger partial charge is 0.481 e. The summed E-state index contributed by atoms with van der Waals surface area (Å²) in [6, 6.07) is 3.87.